The topological polar surface area (TPSA) is 123 Å². The Bertz CT molecular complexity index is 1560. The molecule has 2 heterocycles. The number of aromatic nitrogens is 3. The van der Waals surface area contributed by atoms with Gasteiger partial charge in [-0.2, -0.15) is 13.5 Å². The van der Waals surface area contributed by atoms with E-state index in [1.54, 1.807) is 13.0 Å². The molecule has 0 radical (unpaired) electrons. The quantitative estimate of drug-likeness (QED) is 0.316. The number of aromatic amines is 1. The van der Waals surface area contributed by atoms with Crippen molar-refractivity contribution >= 4 is 15.9 Å². The average molecular weight is 529 g/mol. The number of benzene rings is 2. The van der Waals surface area contributed by atoms with Crippen LogP contribution in [0.2, 0.25) is 0 Å². The molecular weight excluding hydrogens is 499 g/mol. The molecule has 11 heteroatoms. The van der Waals surface area contributed by atoms with Crippen molar-refractivity contribution < 1.29 is 29.9 Å². The normalized spacial score (nSPS) is 11.3. The fourth-order valence-corrected chi connectivity index (χ4v) is 4.74. The summed E-state index contributed by atoms with van der Waals surface area (Å²) in [7, 11) is -4.22. The van der Waals surface area contributed by atoms with Gasteiger partial charge in [0.25, 0.3) is 15.9 Å². The number of rotatable bonds is 8. The molecule has 0 saturated carbocycles. The van der Waals surface area contributed by atoms with Gasteiger partial charge in [-0.1, -0.05) is 17.7 Å². The summed E-state index contributed by atoms with van der Waals surface area (Å²) in [6, 6.07) is 12.0. The minimum atomic E-state index is -4.22. The molecule has 196 valence electrons. The molecule has 1 amide bonds. The number of carbonyl (C=O) groups is 1. The zero-order valence-corrected chi connectivity index (χ0v) is 21.4. The fourth-order valence-electron chi connectivity index (χ4n) is 3.86. The molecule has 0 atom stereocenters. The number of hydrogen-bond acceptors (Lipinski definition) is 7. The summed E-state index contributed by atoms with van der Waals surface area (Å²) in [4.78, 5) is 17.6. The Balaban J connectivity index is 0.00000267. The first-order valence-corrected chi connectivity index (χ1v) is 12.8. The number of amides is 1. The molecule has 2 aromatic heterocycles. The second-order valence-corrected chi connectivity index (χ2v) is 9.99. The van der Waals surface area contributed by atoms with Gasteiger partial charge in [0.1, 0.15) is 22.9 Å². The maximum atomic E-state index is 14.3. The minimum Gasteiger partial charge on any atom is -0.494 e. The highest BCUT2D eigenvalue weighted by atomic mass is 32.2. The summed E-state index contributed by atoms with van der Waals surface area (Å²) in [5.74, 6) is -0.843. The van der Waals surface area contributed by atoms with Gasteiger partial charge >= 0.3 is 0 Å². The van der Waals surface area contributed by atoms with Crippen molar-refractivity contribution in [2.75, 3.05) is 6.61 Å². The van der Waals surface area contributed by atoms with Gasteiger partial charge in [-0.05, 0) is 69.2 Å². The molecule has 0 aliphatic carbocycles. The van der Waals surface area contributed by atoms with Crippen LogP contribution in [0.1, 0.15) is 36.8 Å². The van der Waals surface area contributed by atoms with Crippen molar-refractivity contribution in [2.45, 2.75) is 32.7 Å². The van der Waals surface area contributed by atoms with Crippen LogP contribution < -0.4 is 14.2 Å². The number of pyridine rings is 1. The van der Waals surface area contributed by atoms with E-state index < -0.39 is 21.7 Å². The Morgan fingerprint density at radius 1 is 1.08 bits per heavy atom. The van der Waals surface area contributed by atoms with Gasteiger partial charge in [-0.3, -0.25) is 9.89 Å². The summed E-state index contributed by atoms with van der Waals surface area (Å²) in [5.41, 5.74) is 3.17. The molecule has 2 N–H and O–H groups in total. The highest BCUT2D eigenvalue weighted by Gasteiger charge is 2.24. The lowest BCUT2D eigenvalue weighted by Crippen LogP contribution is -2.31. The Morgan fingerprint density at radius 2 is 1.81 bits per heavy atom. The molecule has 2 aromatic carbocycles. The van der Waals surface area contributed by atoms with Gasteiger partial charge in [-0.25, -0.2) is 14.1 Å². The van der Waals surface area contributed by atoms with Gasteiger partial charge in [0.15, 0.2) is 5.03 Å². The Morgan fingerprint density at radius 3 is 2.46 bits per heavy atom. The molecule has 0 aliphatic heterocycles. The van der Waals surface area contributed by atoms with Crippen LogP contribution in [-0.4, -0.2) is 36.1 Å². The number of nitrogens with zero attached hydrogens (tertiary/aromatic N) is 2. The maximum Gasteiger partial charge on any atom is 0.281 e. The summed E-state index contributed by atoms with van der Waals surface area (Å²) < 4.78 is 53.0. The zero-order valence-electron chi connectivity index (χ0n) is 20.6. The summed E-state index contributed by atoms with van der Waals surface area (Å²) in [6.45, 7) is 7.78. The monoisotopic (exact) mass is 528 g/mol. The van der Waals surface area contributed by atoms with E-state index in [-0.39, 0.29) is 19.3 Å². The number of carbonyl (C=O) groups excluding carboxylic acids is 1. The smallest absolute Gasteiger partial charge is 0.281 e. The fraction of sp³-hybridized carbons (Fsp3) is 0.192. The molecule has 0 spiro atoms. The first kappa shape index (κ1) is 25.8. The summed E-state index contributed by atoms with van der Waals surface area (Å²) in [5, 5.41) is 5.64. The first-order valence-electron chi connectivity index (χ1n) is 11.3. The molecule has 4 rings (SSSR count). The van der Waals surface area contributed by atoms with Crippen LogP contribution in [0.4, 0.5) is 4.39 Å². The number of H-pyrrole nitrogens is 1. The van der Waals surface area contributed by atoms with Crippen LogP contribution in [0.25, 0.3) is 11.3 Å². The van der Waals surface area contributed by atoms with Crippen molar-refractivity contribution in [3.63, 3.8) is 0 Å². The van der Waals surface area contributed by atoms with Gasteiger partial charge in [-0.15, -0.1) is 0 Å². The van der Waals surface area contributed by atoms with Gasteiger partial charge in [0, 0.05) is 14.5 Å². The van der Waals surface area contributed by atoms with E-state index in [1.807, 2.05) is 37.6 Å². The lowest BCUT2D eigenvalue weighted by Gasteiger charge is -2.16. The SMILES string of the molecule is CCOc1cc(F)cc(-c2ccc(C(=O)NS(=O)(=O)c3ccn[nH]3)c(Oc3c(C)cc(C)cc3C)n2)c1.[HH].[HH]. The van der Waals surface area contributed by atoms with E-state index in [4.69, 9.17) is 9.47 Å². The van der Waals surface area contributed by atoms with E-state index in [0.29, 0.717) is 29.4 Å². The Kier molecular flexibility index (Phi) is 7.25. The van der Waals surface area contributed by atoms with Gasteiger partial charge in [0.2, 0.25) is 5.88 Å². The van der Waals surface area contributed by atoms with E-state index in [9.17, 15) is 17.6 Å². The highest BCUT2D eigenvalue weighted by molar-refractivity contribution is 7.90. The molecule has 0 bridgehead atoms. The van der Waals surface area contributed by atoms with Crippen molar-refractivity contribution in [3.8, 4) is 28.6 Å². The molecule has 0 fully saturated rings. The van der Waals surface area contributed by atoms with E-state index in [1.165, 1.54) is 36.5 Å². The minimum absolute atomic E-state index is 0. The average Bonchev–Trinajstić information content (AvgIpc) is 3.37. The third-order valence-corrected chi connectivity index (χ3v) is 6.64. The number of sulfonamides is 1. The van der Waals surface area contributed by atoms with E-state index in [0.717, 1.165) is 16.7 Å². The van der Waals surface area contributed by atoms with Crippen LogP contribution in [-0.2, 0) is 10.0 Å². The molecular formula is C26H29FN4O5S. The number of halogens is 1. The van der Waals surface area contributed by atoms with Crippen molar-refractivity contribution in [2.24, 2.45) is 0 Å². The first-order chi connectivity index (χ1) is 17.6. The number of aryl methyl sites for hydroxylation is 3. The van der Waals surface area contributed by atoms with Crippen molar-refractivity contribution in [1.82, 2.24) is 19.9 Å². The largest absolute Gasteiger partial charge is 0.494 e. The number of nitrogens with one attached hydrogen (secondary N) is 2. The van der Waals surface area contributed by atoms with E-state index >= 15 is 0 Å². The Labute approximate surface area is 216 Å². The second-order valence-electron chi connectivity index (χ2n) is 8.34. The second kappa shape index (κ2) is 10.4. The Hall–Kier alpha value is -4.25. The lowest BCUT2D eigenvalue weighted by molar-refractivity contribution is 0.0978. The molecule has 9 nitrogen and oxygen atoms in total. The molecule has 37 heavy (non-hydrogen) atoms. The van der Waals surface area contributed by atoms with Crippen LogP contribution in [0.15, 0.2) is 59.8 Å². The predicted molar refractivity (Wildman–Crippen MR) is 139 cm³/mol. The van der Waals surface area contributed by atoms with Gasteiger partial charge < -0.3 is 9.47 Å². The summed E-state index contributed by atoms with van der Waals surface area (Å²) >= 11 is 0. The van der Waals surface area contributed by atoms with Crippen LogP contribution in [0.3, 0.4) is 0 Å². The number of hydrogen-bond donors (Lipinski definition) is 2. The molecule has 0 saturated heterocycles. The third kappa shape index (κ3) is 5.78. The van der Waals surface area contributed by atoms with Crippen molar-refractivity contribution in [1.29, 1.82) is 0 Å². The maximum absolute atomic E-state index is 14.3. The lowest BCUT2D eigenvalue weighted by atomic mass is 10.1. The molecule has 0 aliphatic rings. The van der Waals surface area contributed by atoms with Crippen molar-refractivity contribution in [3.05, 3.63) is 82.8 Å². The zero-order chi connectivity index (χ0) is 26.7. The molecule has 4 aromatic rings. The summed E-state index contributed by atoms with van der Waals surface area (Å²) in [6.07, 6.45) is 1.25. The van der Waals surface area contributed by atoms with Crippen LogP contribution >= 0.6 is 0 Å². The molecule has 0 unspecified atom stereocenters. The highest BCUT2D eigenvalue weighted by Crippen LogP contribution is 2.33. The predicted octanol–water partition coefficient (Wildman–Crippen LogP) is 5.34. The van der Waals surface area contributed by atoms with Crippen LogP contribution in [0.5, 0.6) is 17.4 Å². The standard InChI is InChI=1S/C26H25FN4O5S.2H2/c1-5-35-20-13-18(12-19(27)14-20)22-7-6-21(25(32)31-37(33,34)23-8-9-28-30-23)26(29-22)36-24-16(3)10-15(2)11-17(24)4;;/h6-14H,5H2,1-4H3,(H,28,30)(H,31,32);2*1H. The van der Waals surface area contributed by atoms with E-state index in [2.05, 4.69) is 15.2 Å². The van der Waals surface area contributed by atoms with Crippen LogP contribution in [0, 0.1) is 26.6 Å². The van der Waals surface area contributed by atoms with Gasteiger partial charge in [0.05, 0.1) is 18.5 Å². The number of ether oxygens (including phenoxy) is 2. The third-order valence-electron chi connectivity index (χ3n) is 5.38.